The summed E-state index contributed by atoms with van der Waals surface area (Å²) in [7, 11) is 0. The minimum Gasteiger partial charge on any atom is -0.343 e. The molecule has 0 N–H and O–H groups in total. The van der Waals surface area contributed by atoms with E-state index in [1.807, 2.05) is 6.07 Å². The summed E-state index contributed by atoms with van der Waals surface area (Å²) in [6.45, 7) is 3.07. The molecular formula is C18H17N. The van der Waals surface area contributed by atoms with Crippen molar-refractivity contribution in [3.05, 3.63) is 78.0 Å². The third-order valence-electron chi connectivity index (χ3n) is 3.40. The van der Waals surface area contributed by atoms with E-state index in [4.69, 9.17) is 0 Å². The van der Waals surface area contributed by atoms with E-state index in [2.05, 4.69) is 78.4 Å². The maximum atomic E-state index is 2.30. The lowest BCUT2D eigenvalue weighted by Crippen LogP contribution is -1.91. The molecule has 0 aliphatic carbocycles. The molecule has 0 saturated heterocycles. The molecule has 0 atom stereocenters. The zero-order chi connectivity index (χ0) is 13.1. The highest BCUT2D eigenvalue weighted by atomic mass is 14.9. The SMILES string of the molecule is Cc1cn(C/C=C/c2ccccc2)c2ccccc12. The van der Waals surface area contributed by atoms with Crippen molar-refractivity contribution in [2.45, 2.75) is 13.5 Å². The normalized spacial score (nSPS) is 11.4. The van der Waals surface area contributed by atoms with Gasteiger partial charge in [0.15, 0.2) is 0 Å². The standard InChI is InChI=1S/C18H17N/c1-15-14-19(18-12-6-5-11-17(15)18)13-7-10-16-8-3-2-4-9-16/h2-12,14H,13H2,1H3/b10-7+. The van der Waals surface area contributed by atoms with Gasteiger partial charge in [0.25, 0.3) is 0 Å². The van der Waals surface area contributed by atoms with Gasteiger partial charge in [0.05, 0.1) is 0 Å². The molecule has 1 heteroatoms. The van der Waals surface area contributed by atoms with Gasteiger partial charge < -0.3 is 4.57 Å². The van der Waals surface area contributed by atoms with Crippen LogP contribution in [0.5, 0.6) is 0 Å². The zero-order valence-corrected chi connectivity index (χ0v) is 11.1. The summed E-state index contributed by atoms with van der Waals surface area (Å²) in [5, 5.41) is 1.34. The van der Waals surface area contributed by atoms with Crippen molar-refractivity contribution in [3.8, 4) is 0 Å². The van der Waals surface area contributed by atoms with Gasteiger partial charge in [-0.3, -0.25) is 0 Å². The Labute approximate surface area is 113 Å². The van der Waals surface area contributed by atoms with Gasteiger partial charge in [0.1, 0.15) is 0 Å². The number of nitrogens with zero attached hydrogens (tertiary/aromatic N) is 1. The zero-order valence-electron chi connectivity index (χ0n) is 11.1. The van der Waals surface area contributed by atoms with Crippen molar-refractivity contribution >= 4 is 17.0 Å². The molecule has 0 unspecified atom stereocenters. The van der Waals surface area contributed by atoms with Crippen LogP contribution in [0, 0.1) is 6.92 Å². The molecule has 1 aromatic heterocycles. The van der Waals surface area contributed by atoms with Crippen molar-refractivity contribution < 1.29 is 0 Å². The monoisotopic (exact) mass is 247 g/mol. The van der Waals surface area contributed by atoms with Gasteiger partial charge in [-0.15, -0.1) is 0 Å². The summed E-state index contributed by atoms with van der Waals surface area (Å²) in [4.78, 5) is 0. The second kappa shape index (κ2) is 5.15. The fraction of sp³-hybridized carbons (Fsp3) is 0.111. The van der Waals surface area contributed by atoms with Gasteiger partial charge >= 0.3 is 0 Å². The fourth-order valence-corrected chi connectivity index (χ4v) is 2.45. The number of hydrogen-bond donors (Lipinski definition) is 0. The molecule has 0 aliphatic rings. The summed E-state index contributed by atoms with van der Waals surface area (Å²) in [6, 6.07) is 19.0. The Hall–Kier alpha value is -2.28. The first kappa shape index (κ1) is 11.8. The maximum Gasteiger partial charge on any atom is 0.0485 e. The highest BCUT2D eigenvalue weighted by molar-refractivity contribution is 5.83. The maximum absolute atomic E-state index is 2.30. The van der Waals surface area contributed by atoms with E-state index in [9.17, 15) is 0 Å². The predicted octanol–water partition coefficient (Wildman–Crippen LogP) is 4.66. The number of para-hydroxylation sites is 1. The summed E-state index contributed by atoms with van der Waals surface area (Å²) >= 11 is 0. The highest BCUT2D eigenvalue weighted by Crippen LogP contribution is 2.20. The van der Waals surface area contributed by atoms with Gasteiger partial charge in [-0.25, -0.2) is 0 Å². The van der Waals surface area contributed by atoms with Crippen LogP contribution in [0.15, 0.2) is 66.9 Å². The average molecular weight is 247 g/mol. The van der Waals surface area contributed by atoms with Crippen LogP contribution < -0.4 is 0 Å². The smallest absolute Gasteiger partial charge is 0.0485 e. The Morgan fingerprint density at radius 2 is 1.68 bits per heavy atom. The van der Waals surface area contributed by atoms with Crippen LogP contribution in [0.25, 0.3) is 17.0 Å². The third kappa shape index (κ3) is 2.45. The molecule has 0 spiro atoms. The van der Waals surface area contributed by atoms with E-state index in [0.29, 0.717) is 0 Å². The van der Waals surface area contributed by atoms with Crippen LogP contribution in [0.4, 0.5) is 0 Å². The topological polar surface area (TPSA) is 4.93 Å². The minimum atomic E-state index is 0.906. The highest BCUT2D eigenvalue weighted by Gasteiger charge is 2.02. The summed E-state index contributed by atoms with van der Waals surface area (Å²) in [5.74, 6) is 0. The Bertz CT molecular complexity index is 705. The average Bonchev–Trinajstić information content (AvgIpc) is 2.78. The van der Waals surface area contributed by atoms with Crippen molar-refractivity contribution in [1.29, 1.82) is 0 Å². The van der Waals surface area contributed by atoms with Crippen LogP contribution in [0.3, 0.4) is 0 Å². The fourth-order valence-electron chi connectivity index (χ4n) is 2.45. The molecule has 0 amide bonds. The number of allylic oxidation sites excluding steroid dienone is 1. The second-order valence-corrected chi connectivity index (χ2v) is 4.79. The number of benzene rings is 2. The van der Waals surface area contributed by atoms with Crippen LogP contribution in [-0.4, -0.2) is 4.57 Å². The molecule has 0 radical (unpaired) electrons. The number of hydrogen-bond acceptors (Lipinski definition) is 0. The Balaban J connectivity index is 1.85. The molecule has 1 heterocycles. The number of fused-ring (bicyclic) bond motifs is 1. The predicted molar refractivity (Wildman–Crippen MR) is 82.2 cm³/mol. The molecule has 19 heavy (non-hydrogen) atoms. The van der Waals surface area contributed by atoms with E-state index < -0.39 is 0 Å². The molecule has 0 fully saturated rings. The molecule has 0 bridgehead atoms. The van der Waals surface area contributed by atoms with Gasteiger partial charge in [-0.1, -0.05) is 60.7 Å². The van der Waals surface area contributed by atoms with Crippen molar-refractivity contribution in [2.75, 3.05) is 0 Å². The van der Waals surface area contributed by atoms with Crippen LogP contribution in [0.2, 0.25) is 0 Å². The lowest BCUT2D eigenvalue weighted by Gasteiger charge is -2.00. The van der Waals surface area contributed by atoms with E-state index in [1.165, 1.54) is 22.0 Å². The summed E-state index contributed by atoms with van der Waals surface area (Å²) in [6.07, 6.45) is 6.60. The quantitative estimate of drug-likeness (QED) is 0.634. The van der Waals surface area contributed by atoms with Crippen molar-refractivity contribution in [3.63, 3.8) is 0 Å². The first-order chi connectivity index (χ1) is 9.34. The molecule has 3 rings (SSSR count). The molecule has 0 saturated carbocycles. The van der Waals surface area contributed by atoms with Crippen LogP contribution >= 0.6 is 0 Å². The first-order valence-electron chi connectivity index (χ1n) is 6.60. The van der Waals surface area contributed by atoms with Crippen LogP contribution in [-0.2, 0) is 6.54 Å². The van der Waals surface area contributed by atoms with E-state index in [0.717, 1.165) is 6.54 Å². The lowest BCUT2D eigenvalue weighted by atomic mass is 10.2. The molecule has 94 valence electrons. The molecule has 3 aromatic rings. The largest absolute Gasteiger partial charge is 0.343 e. The van der Waals surface area contributed by atoms with Crippen LogP contribution in [0.1, 0.15) is 11.1 Å². The van der Waals surface area contributed by atoms with Gasteiger partial charge in [0.2, 0.25) is 0 Å². The summed E-state index contributed by atoms with van der Waals surface area (Å²) in [5.41, 5.74) is 3.89. The Morgan fingerprint density at radius 3 is 2.53 bits per heavy atom. The first-order valence-corrected chi connectivity index (χ1v) is 6.60. The van der Waals surface area contributed by atoms with E-state index >= 15 is 0 Å². The van der Waals surface area contributed by atoms with Crippen molar-refractivity contribution in [2.24, 2.45) is 0 Å². The molecular weight excluding hydrogens is 230 g/mol. The lowest BCUT2D eigenvalue weighted by molar-refractivity contribution is 0.863. The van der Waals surface area contributed by atoms with Crippen molar-refractivity contribution in [1.82, 2.24) is 4.57 Å². The number of rotatable bonds is 3. The summed E-state index contributed by atoms with van der Waals surface area (Å²) < 4.78 is 2.30. The Kier molecular flexibility index (Phi) is 3.20. The molecule has 1 nitrogen and oxygen atoms in total. The van der Waals surface area contributed by atoms with E-state index in [1.54, 1.807) is 0 Å². The molecule has 2 aromatic carbocycles. The van der Waals surface area contributed by atoms with Gasteiger partial charge in [-0.2, -0.15) is 0 Å². The Morgan fingerprint density at radius 1 is 0.947 bits per heavy atom. The molecule has 0 aliphatic heterocycles. The third-order valence-corrected chi connectivity index (χ3v) is 3.40. The number of aromatic nitrogens is 1. The van der Waals surface area contributed by atoms with Gasteiger partial charge in [-0.05, 0) is 24.1 Å². The number of aryl methyl sites for hydroxylation is 1. The van der Waals surface area contributed by atoms with E-state index in [-0.39, 0.29) is 0 Å². The minimum absolute atomic E-state index is 0.906. The second-order valence-electron chi connectivity index (χ2n) is 4.79. The van der Waals surface area contributed by atoms with Gasteiger partial charge in [0, 0.05) is 23.6 Å².